The third-order valence-electron chi connectivity index (χ3n) is 3.54. The second kappa shape index (κ2) is 8.75. The first kappa shape index (κ1) is 19.0. The molecule has 1 heterocycles. The molecule has 0 spiro atoms. The number of esters is 1. The Morgan fingerprint density at radius 2 is 1.81 bits per heavy atom. The van der Waals surface area contributed by atoms with E-state index >= 15 is 0 Å². The number of ether oxygens (including phenoxy) is 1. The molecule has 0 saturated heterocycles. The van der Waals surface area contributed by atoms with E-state index in [0.29, 0.717) is 10.0 Å². The van der Waals surface area contributed by atoms with Crippen molar-refractivity contribution < 1.29 is 18.7 Å². The van der Waals surface area contributed by atoms with Crippen LogP contribution in [0.3, 0.4) is 0 Å². The van der Waals surface area contributed by atoms with Crippen LogP contribution < -0.4 is 5.32 Å². The molecule has 0 aliphatic rings. The lowest BCUT2D eigenvalue weighted by Gasteiger charge is -2.06. The van der Waals surface area contributed by atoms with Crippen molar-refractivity contribution in [3.8, 4) is 10.6 Å². The Bertz CT molecular complexity index is 942. The van der Waals surface area contributed by atoms with Crippen molar-refractivity contribution >= 4 is 34.8 Å². The zero-order chi connectivity index (χ0) is 19.2. The first-order valence-electron chi connectivity index (χ1n) is 7.91. The molecule has 3 aromatic rings. The fourth-order valence-corrected chi connectivity index (χ4v) is 3.07. The molecule has 8 heteroatoms. The number of carbonyl (C=O) groups is 2. The van der Waals surface area contributed by atoms with E-state index in [1.165, 1.54) is 23.5 Å². The van der Waals surface area contributed by atoms with Crippen LogP contribution in [0.5, 0.6) is 0 Å². The number of thiazole rings is 1. The van der Waals surface area contributed by atoms with Crippen LogP contribution in [0, 0.1) is 5.82 Å². The Balaban J connectivity index is 1.49. The Hall–Kier alpha value is -2.77. The fourth-order valence-electron chi connectivity index (χ4n) is 2.15. The molecule has 0 aliphatic carbocycles. The molecule has 2 aromatic carbocycles. The lowest BCUT2D eigenvalue weighted by atomic mass is 10.2. The summed E-state index contributed by atoms with van der Waals surface area (Å²) in [6, 6.07) is 12.8. The molecule has 0 radical (unpaired) electrons. The van der Waals surface area contributed by atoms with E-state index < -0.39 is 18.5 Å². The van der Waals surface area contributed by atoms with E-state index in [1.54, 1.807) is 41.8 Å². The van der Waals surface area contributed by atoms with E-state index in [9.17, 15) is 14.0 Å². The first-order valence-corrected chi connectivity index (χ1v) is 9.17. The van der Waals surface area contributed by atoms with Crippen LogP contribution in [0.4, 0.5) is 4.39 Å². The zero-order valence-electron chi connectivity index (χ0n) is 13.9. The smallest absolute Gasteiger partial charge is 0.358 e. The monoisotopic (exact) mass is 404 g/mol. The number of halogens is 2. The van der Waals surface area contributed by atoms with Gasteiger partial charge in [-0.2, -0.15) is 0 Å². The molecular formula is C19H14ClFN2O3S. The van der Waals surface area contributed by atoms with Crippen molar-refractivity contribution in [2.75, 3.05) is 6.61 Å². The highest BCUT2D eigenvalue weighted by Gasteiger charge is 2.15. The molecule has 3 rings (SSSR count). The molecule has 0 bridgehead atoms. The molecule has 138 valence electrons. The number of nitrogens with zero attached hydrogens (tertiary/aromatic N) is 1. The van der Waals surface area contributed by atoms with Gasteiger partial charge in [0.15, 0.2) is 12.3 Å². The average Bonchev–Trinajstić information content (AvgIpc) is 3.16. The number of benzene rings is 2. The number of aromatic nitrogens is 1. The third kappa shape index (κ3) is 5.35. The summed E-state index contributed by atoms with van der Waals surface area (Å²) < 4.78 is 17.8. The summed E-state index contributed by atoms with van der Waals surface area (Å²) in [4.78, 5) is 28.0. The maximum atomic E-state index is 12.8. The molecule has 1 N–H and O–H groups in total. The van der Waals surface area contributed by atoms with Crippen molar-refractivity contribution in [2.24, 2.45) is 0 Å². The third-order valence-corrected chi connectivity index (χ3v) is 4.69. The van der Waals surface area contributed by atoms with Crippen LogP contribution >= 0.6 is 22.9 Å². The van der Waals surface area contributed by atoms with Crippen LogP contribution in [-0.2, 0) is 16.1 Å². The summed E-state index contributed by atoms with van der Waals surface area (Å²) in [6.45, 7) is -0.206. The number of amides is 1. The van der Waals surface area contributed by atoms with Gasteiger partial charge in [0.2, 0.25) is 0 Å². The maximum absolute atomic E-state index is 12.8. The largest absolute Gasteiger partial charge is 0.451 e. The van der Waals surface area contributed by atoms with Gasteiger partial charge in [0.1, 0.15) is 10.8 Å². The Kier molecular flexibility index (Phi) is 6.16. The van der Waals surface area contributed by atoms with Crippen molar-refractivity contribution in [1.29, 1.82) is 0 Å². The average molecular weight is 405 g/mol. The molecule has 0 saturated carbocycles. The molecule has 1 aromatic heterocycles. The predicted molar refractivity (Wildman–Crippen MR) is 101 cm³/mol. The number of hydrogen-bond acceptors (Lipinski definition) is 5. The highest BCUT2D eigenvalue weighted by Crippen LogP contribution is 2.25. The minimum atomic E-state index is -0.677. The fraction of sp³-hybridized carbons (Fsp3) is 0.105. The molecule has 0 atom stereocenters. The van der Waals surface area contributed by atoms with Crippen molar-refractivity contribution in [3.05, 3.63) is 76.0 Å². The summed E-state index contributed by atoms with van der Waals surface area (Å²) in [5.41, 5.74) is 1.71. The summed E-state index contributed by atoms with van der Waals surface area (Å²) >= 11 is 7.15. The summed E-state index contributed by atoms with van der Waals surface area (Å²) in [6.07, 6.45) is 0. The van der Waals surface area contributed by atoms with Crippen molar-refractivity contribution in [1.82, 2.24) is 10.3 Å². The molecule has 0 unspecified atom stereocenters. The predicted octanol–water partition coefficient (Wildman–Crippen LogP) is 4.08. The zero-order valence-corrected chi connectivity index (χ0v) is 15.5. The van der Waals surface area contributed by atoms with Gasteiger partial charge in [-0.15, -0.1) is 11.3 Å². The van der Waals surface area contributed by atoms with E-state index in [-0.39, 0.29) is 18.1 Å². The van der Waals surface area contributed by atoms with E-state index in [4.69, 9.17) is 16.3 Å². The SMILES string of the molecule is O=C(COC(=O)c1csc(-c2ccc(Cl)cc2)n1)NCc1ccc(F)cc1. The minimum Gasteiger partial charge on any atom is -0.451 e. The molecular weight excluding hydrogens is 391 g/mol. The molecule has 5 nitrogen and oxygen atoms in total. The number of hydrogen-bond donors (Lipinski definition) is 1. The van der Waals surface area contributed by atoms with Crippen molar-refractivity contribution in [3.63, 3.8) is 0 Å². The topological polar surface area (TPSA) is 68.3 Å². The van der Waals surface area contributed by atoms with E-state index in [1.807, 2.05) is 0 Å². The lowest BCUT2D eigenvalue weighted by Crippen LogP contribution is -2.28. The molecule has 27 heavy (non-hydrogen) atoms. The molecule has 1 amide bonds. The van der Waals surface area contributed by atoms with Gasteiger partial charge in [0, 0.05) is 22.5 Å². The van der Waals surface area contributed by atoms with Gasteiger partial charge in [-0.05, 0) is 29.8 Å². The van der Waals surface area contributed by atoms with Gasteiger partial charge in [-0.1, -0.05) is 35.9 Å². The number of rotatable bonds is 6. The van der Waals surface area contributed by atoms with E-state index in [0.717, 1.165) is 11.1 Å². The highest BCUT2D eigenvalue weighted by atomic mass is 35.5. The Morgan fingerprint density at radius 1 is 1.11 bits per heavy atom. The Labute approximate surface area is 163 Å². The van der Waals surface area contributed by atoms with Crippen LogP contribution in [0.25, 0.3) is 10.6 Å². The normalized spacial score (nSPS) is 10.4. The Morgan fingerprint density at radius 3 is 2.52 bits per heavy atom. The second-order valence-corrected chi connectivity index (χ2v) is 6.82. The van der Waals surface area contributed by atoms with Gasteiger partial charge >= 0.3 is 5.97 Å². The first-order chi connectivity index (χ1) is 13.0. The van der Waals surface area contributed by atoms with Crippen LogP contribution in [0.2, 0.25) is 5.02 Å². The van der Waals surface area contributed by atoms with Gasteiger partial charge in [0.05, 0.1) is 0 Å². The van der Waals surface area contributed by atoms with Crippen LogP contribution in [-0.4, -0.2) is 23.5 Å². The second-order valence-electron chi connectivity index (χ2n) is 5.52. The van der Waals surface area contributed by atoms with Gasteiger partial charge < -0.3 is 10.1 Å². The van der Waals surface area contributed by atoms with Crippen molar-refractivity contribution in [2.45, 2.75) is 6.54 Å². The van der Waals surface area contributed by atoms with Crippen LogP contribution in [0.1, 0.15) is 16.1 Å². The van der Waals surface area contributed by atoms with Gasteiger partial charge in [-0.3, -0.25) is 4.79 Å². The lowest BCUT2D eigenvalue weighted by molar-refractivity contribution is -0.124. The van der Waals surface area contributed by atoms with E-state index in [2.05, 4.69) is 10.3 Å². The highest BCUT2D eigenvalue weighted by molar-refractivity contribution is 7.13. The summed E-state index contributed by atoms with van der Waals surface area (Å²) in [7, 11) is 0. The summed E-state index contributed by atoms with van der Waals surface area (Å²) in [5.74, 6) is -1.48. The van der Waals surface area contributed by atoms with Crippen LogP contribution in [0.15, 0.2) is 53.9 Å². The standard InChI is InChI=1S/C19H14ClFN2O3S/c20-14-5-3-13(4-6-14)18-23-16(11-27-18)19(25)26-10-17(24)22-9-12-1-7-15(21)8-2-12/h1-8,11H,9-10H2,(H,22,24). The summed E-state index contributed by atoms with van der Waals surface area (Å²) in [5, 5.41) is 5.43. The molecule has 0 aliphatic heterocycles. The molecule has 0 fully saturated rings. The van der Waals surface area contributed by atoms with Gasteiger partial charge in [-0.25, -0.2) is 14.2 Å². The number of carbonyl (C=O) groups excluding carboxylic acids is 2. The maximum Gasteiger partial charge on any atom is 0.358 e. The van der Waals surface area contributed by atoms with Gasteiger partial charge in [0.25, 0.3) is 5.91 Å². The quantitative estimate of drug-likeness (QED) is 0.629. The number of nitrogens with one attached hydrogen (secondary N) is 1. The minimum absolute atomic E-state index is 0.135.